The van der Waals surface area contributed by atoms with Crippen LogP contribution in [0.25, 0.3) is 11.6 Å². The second kappa shape index (κ2) is 10.5. The van der Waals surface area contributed by atoms with Crippen molar-refractivity contribution in [2.75, 3.05) is 13.7 Å². The Labute approximate surface area is 190 Å². The van der Waals surface area contributed by atoms with Gasteiger partial charge in [-0.3, -0.25) is 0 Å². The molecule has 0 aliphatic carbocycles. The van der Waals surface area contributed by atoms with Crippen molar-refractivity contribution < 1.29 is 19.0 Å². The number of halogens is 2. The van der Waals surface area contributed by atoms with Gasteiger partial charge in [-0.05, 0) is 41.5 Å². The van der Waals surface area contributed by atoms with Crippen LogP contribution in [0.1, 0.15) is 11.1 Å². The van der Waals surface area contributed by atoms with Crippen molar-refractivity contribution in [1.29, 1.82) is 5.26 Å². The summed E-state index contributed by atoms with van der Waals surface area (Å²) >= 11 is 11.9. The Bertz CT molecular complexity index is 1150. The summed E-state index contributed by atoms with van der Waals surface area (Å²) in [4.78, 5) is 12.2. The number of nitrogens with zero attached hydrogens (tertiary/aromatic N) is 1. The highest BCUT2D eigenvalue weighted by atomic mass is 35.5. The molecule has 0 unspecified atom stereocenters. The van der Waals surface area contributed by atoms with E-state index in [4.69, 9.17) is 37.4 Å². The van der Waals surface area contributed by atoms with Crippen LogP contribution in [0.2, 0.25) is 10.0 Å². The van der Waals surface area contributed by atoms with E-state index in [0.29, 0.717) is 21.4 Å². The van der Waals surface area contributed by atoms with E-state index in [-0.39, 0.29) is 18.1 Å². The summed E-state index contributed by atoms with van der Waals surface area (Å²) in [6.07, 6.45) is 1.73. The maximum atomic E-state index is 12.2. The number of nitriles is 1. The second-order valence-corrected chi connectivity index (χ2v) is 7.13. The molecular weight excluding hydrogens is 437 g/mol. The number of rotatable bonds is 7. The van der Waals surface area contributed by atoms with Crippen LogP contribution in [-0.2, 0) is 4.79 Å². The quantitative estimate of drug-likeness (QED) is 0.188. The molecule has 7 heteroatoms. The van der Waals surface area contributed by atoms with Crippen LogP contribution in [0, 0.1) is 11.3 Å². The fraction of sp³-hybridized carbons (Fsp3) is 0.0833. The molecule has 0 fully saturated rings. The van der Waals surface area contributed by atoms with E-state index in [0.717, 1.165) is 11.1 Å². The minimum Gasteiger partial charge on any atom is -0.493 e. The molecule has 0 saturated heterocycles. The van der Waals surface area contributed by atoms with E-state index in [1.165, 1.54) is 13.2 Å². The fourth-order valence-electron chi connectivity index (χ4n) is 2.70. The number of hydrogen-bond acceptors (Lipinski definition) is 5. The third kappa shape index (κ3) is 6.02. The predicted octanol–water partition coefficient (Wildman–Crippen LogP) is 6.05. The van der Waals surface area contributed by atoms with E-state index in [1.54, 1.807) is 36.4 Å². The number of esters is 1. The van der Waals surface area contributed by atoms with Gasteiger partial charge >= 0.3 is 5.97 Å². The Morgan fingerprint density at radius 1 is 1.00 bits per heavy atom. The Kier molecular flexibility index (Phi) is 7.55. The van der Waals surface area contributed by atoms with E-state index in [9.17, 15) is 10.1 Å². The summed E-state index contributed by atoms with van der Waals surface area (Å²) < 4.78 is 16.1. The first-order valence-electron chi connectivity index (χ1n) is 9.14. The average molecular weight is 454 g/mol. The summed E-state index contributed by atoms with van der Waals surface area (Å²) in [6.45, 7) is -0.364. The number of allylic oxidation sites excluding steroid dienone is 1. The Morgan fingerprint density at radius 2 is 1.77 bits per heavy atom. The molecule has 0 bridgehead atoms. The molecule has 31 heavy (non-hydrogen) atoms. The van der Waals surface area contributed by atoms with Crippen LogP contribution in [0.3, 0.4) is 0 Å². The van der Waals surface area contributed by atoms with Crippen molar-refractivity contribution in [2.45, 2.75) is 0 Å². The van der Waals surface area contributed by atoms with Gasteiger partial charge in [0.05, 0.1) is 23.8 Å². The van der Waals surface area contributed by atoms with Gasteiger partial charge in [-0.2, -0.15) is 5.26 Å². The van der Waals surface area contributed by atoms with Gasteiger partial charge in [-0.25, -0.2) is 4.79 Å². The number of benzene rings is 3. The molecule has 0 N–H and O–H groups in total. The first-order chi connectivity index (χ1) is 15.0. The number of methoxy groups -OCH3 is 1. The highest BCUT2D eigenvalue weighted by Crippen LogP contribution is 2.31. The summed E-state index contributed by atoms with van der Waals surface area (Å²) in [5.74, 6) is 0.208. The first kappa shape index (κ1) is 22.2. The minimum atomic E-state index is -0.639. The third-order valence-corrected chi connectivity index (χ3v) is 4.71. The smallest absolute Gasteiger partial charge is 0.349 e. The molecule has 3 aromatic carbocycles. The molecular formula is C24H17Cl2NO4. The molecule has 0 aliphatic rings. The van der Waals surface area contributed by atoms with Gasteiger partial charge in [0.1, 0.15) is 5.75 Å². The summed E-state index contributed by atoms with van der Waals surface area (Å²) in [5, 5.41) is 10.2. The molecule has 5 nitrogen and oxygen atoms in total. The van der Waals surface area contributed by atoms with Crippen LogP contribution in [0.4, 0.5) is 0 Å². The van der Waals surface area contributed by atoms with Crippen LogP contribution >= 0.6 is 23.2 Å². The van der Waals surface area contributed by atoms with Gasteiger partial charge in [0.25, 0.3) is 0 Å². The first-order valence-corrected chi connectivity index (χ1v) is 9.89. The van der Waals surface area contributed by atoms with Crippen molar-refractivity contribution in [3.8, 4) is 23.3 Å². The lowest BCUT2D eigenvalue weighted by Gasteiger charge is -2.11. The zero-order chi connectivity index (χ0) is 22.2. The molecule has 0 saturated carbocycles. The lowest BCUT2D eigenvalue weighted by atomic mass is 10.0. The molecule has 3 rings (SSSR count). The summed E-state index contributed by atoms with van der Waals surface area (Å²) in [5.41, 5.74) is 2.02. The van der Waals surface area contributed by atoms with Crippen molar-refractivity contribution in [1.82, 2.24) is 0 Å². The molecule has 0 aliphatic heterocycles. The molecule has 0 spiro atoms. The standard InChI is InChI=1S/C24H17Cl2NO4/c1-29-23-12-16(11-18(14-27)17-5-3-2-4-6-17)7-10-21(23)31-24(28)15-30-22-13-19(25)8-9-20(22)26/h2-13H,15H2,1H3/b18-11+. The van der Waals surface area contributed by atoms with E-state index >= 15 is 0 Å². The third-order valence-electron chi connectivity index (χ3n) is 4.17. The zero-order valence-electron chi connectivity index (χ0n) is 16.5. The lowest BCUT2D eigenvalue weighted by Crippen LogP contribution is -2.18. The maximum absolute atomic E-state index is 12.2. The number of ether oxygens (including phenoxy) is 3. The van der Waals surface area contributed by atoms with Gasteiger partial charge in [0.15, 0.2) is 18.1 Å². The summed E-state index contributed by atoms with van der Waals surface area (Å²) in [7, 11) is 1.46. The SMILES string of the molecule is COc1cc(/C=C(\C#N)c2ccccc2)ccc1OC(=O)COc1cc(Cl)ccc1Cl. The monoisotopic (exact) mass is 453 g/mol. The summed E-state index contributed by atoms with van der Waals surface area (Å²) in [6, 6.07) is 21.2. The number of carbonyl (C=O) groups is 1. The van der Waals surface area contributed by atoms with E-state index in [1.807, 2.05) is 30.3 Å². The fourth-order valence-corrected chi connectivity index (χ4v) is 3.03. The highest BCUT2D eigenvalue weighted by Gasteiger charge is 2.13. The molecule has 0 radical (unpaired) electrons. The maximum Gasteiger partial charge on any atom is 0.349 e. The largest absolute Gasteiger partial charge is 0.493 e. The van der Waals surface area contributed by atoms with E-state index in [2.05, 4.69) is 6.07 Å². The molecule has 3 aromatic rings. The van der Waals surface area contributed by atoms with Gasteiger partial charge in [0, 0.05) is 11.1 Å². The van der Waals surface area contributed by atoms with Gasteiger partial charge in [0.2, 0.25) is 0 Å². The highest BCUT2D eigenvalue weighted by molar-refractivity contribution is 6.34. The van der Waals surface area contributed by atoms with Crippen LogP contribution in [-0.4, -0.2) is 19.7 Å². The normalized spacial score (nSPS) is 10.8. The van der Waals surface area contributed by atoms with Crippen molar-refractivity contribution in [2.24, 2.45) is 0 Å². The molecule has 0 heterocycles. The van der Waals surface area contributed by atoms with Crippen molar-refractivity contribution in [3.05, 3.63) is 87.9 Å². The second-order valence-electron chi connectivity index (χ2n) is 6.28. The molecule has 0 amide bonds. The van der Waals surface area contributed by atoms with Gasteiger partial charge in [-0.15, -0.1) is 0 Å². The molecule has 156 valence electrons. The predicted molar refractivity (Wildman–Crippen MR) is 121 cm³/mol. The molecule has 0 aromatic heterocycles. The average Bonchev–Trinajstić information content (AvgIpc) is 2.79. The minimum absolute atomic E-state index is 0.226. The van der Waals surface area contributed by atoms with Gasteiger partial charge in [-0.1, -0.05) is 59.6 Å². The number of carbonyl (C=O) groups excluding carboxylic acids is 1. The lowest BCUT2D eigenvalue weighted by molar-refractivity contribution is -0.136. The van der Waals surface area contributed by atoms with Crippen LogP contribution in [0.15, 0.2) is 66.7 Å². The Balaban J connectivity index is 1.72. The van der Waals surface area contributed by atoms with Crippen molar-refractivity contribution >= 4 is 40.8 Å². The van der Waals surface area contributed by atoms with E-state index < -0.39 is 5.97 Å². The Morgan fingerprint density at radius 3 is 2.48 bits per heavy atom. The zero-order valence-corrected chi connectivity index (χ0v) is 18.0. The molecule has 0 atom stereocenters. The van der Waals surface area contributed by atoms with Crippen molar-refractivity contribution in [3.63, 3.8) is 0 Å². The number of hydrogen-bond donors (Lipinski definition) is 0. The topological polar surface area (TPSA) is 68.5 Å². The van der Waals surface area contributed by atoms with Crippen LogP contribution < -0.4 is 14.2 Å². The van der Waals surface area contributed by atoms with Crippen LogP contribution in [0.5, 0.6) is 17.2 Å². The van der Waals surface area contributed by atoms with Gasteiger partial charge < -0.3 is 14.2 Å². The Hall–Kier alpha value is -3.46.